The van der Waals surface area contributed by atoms with Crippen molar-refractivity contribution in [2.45, 2.75) is 27.2 Å². The van der Waals surface area contributed by atoms with Crippen LogP contribution in [0.3, 0.4) is 0 Å². The Hall–Kier alpha value is -1.57. The fourth-order valence-electron chi connectivity index (χ4n) is 1.44. The quantitative estimate of drug-likeness (QED) is 0.725. The molecule has 16 heavy (non-hydrogen) atoms. The van der Waals surface area contributed by atoms with Crippen LogP contribution in [0.15, 0.2) is 29.8 Å². The molecule has 0 radical (unpaired) electrons. The average Bonchev–Trinajstić information content (AvgIpc) is 2.26. The second kappa shape index (κ2) is 6.11. The summed E-state index contributed by atoms with van der Waals surface area (Å²) in [6, 6.07) is 8.36. The number of rotatable bonds is 4. The van der Waals surface area contributed by atoms with Crippen LogP contribution < -0.4 is 0 Å². The third kappa shape index (κ3) is 4.30. The van der Waals surface area contributed by atoms with E-state index in [9.17, 15) is 4.79 Å². The van der Waals surface area contributed by atoms with Gasteiger partial charge in [0.25, 0.3) is 0 Å². The molecule has 0 aliphatic heterocycles. The molecule has 0 spiro atoms. The zero-order valence-corrected chi connectivity index (χ0v) is 10.1. The summed E-state index contributed by atoms with van der Waals surface area (Å²) in [5, 5.41) is 0. The van der Waals surface area contributed by atoms with E-state index in [1.165, 1.54) is 12.5 Å². The van der Waals surface area contributed by atoms with Gasteiger partial charge in [-0.05, 0) is 30.0 Å². The third-order valence-corrected chi connectivity index (χ3v) is 2.28. The largest absolute Gasteiger partial charge is 0.461 e. The van der Waals surface area contributed by atoms with Crippen LogP contribution in [0.4, 0.5) is 0 Å². The van der Waals surface area contributed by atoms with E-state index in [2.05, 4.69) is 25.1 Å². The van der Waals surface area contributed by atoms with Gasteiger partial charge in [-0.25, -0.2) is 0 Å². The summed E-state index contributed by atoms with van der Waals surface area (Å²) < 4.78 is 4.93. The minimum Gasteiger partial charge on any atom is -0.461 e. The van der Waals surface area contributed by atoms with Gasteiger partial charge in [-0.2, -0.15) is 0 Å². The van der Waals surface area contributed by atoms with Crippen LogP contribution in [0, 0.1) is 0 Å². The second-order valence-corrected chi connectivity index (χ2v) is 3.87. The SMILES string of the molecule is CCc1cccc(/C=C(\C)COC(C)=O)c1. The summed E-state index contributed by atoms with van der Waals surface area (Å²) in [5.41, 5.74) is 3.52. The van der Waals surface area contributed by atoms with Gasteiger partial charge >= 0.3 is 5.97 Å². The second-order valence-electron chi connectivity index (χ2n) is 3.87. The van der Waals surface area contributed by atoms with E-state index in [-0.39, 0.29) is 5.97 Å². The van der Waals surface area contributed by atoms with Gasteiger partial charge < -0.3 is 4.74 Å². The van der Waals surface area contributed by atoms with Crippen LogP contribution >= 0.6 is 0 Å². The predicted octanol–water partition coefficient (Wildman–Crippen LogP) is 3.22. The van der Waals surface area contributed by atoms with Crippen molar-refractivity contribution in [1.82, 2.24) is 0 Å². The summed E-state index contributed by atoms with van der Waals surface area (Å²) in [6.07, 6.45) is 3.08. The fourth-order valence-corrected chi connectivity index (χ4v) is 1.44. The number of esters is 1. The molecule has 0 heterocycles. The third-order valence-electron chi connectivity index (χ3n) is 2.28. The highest BCUT2D eigenvalue weighted by Gasteiger charge is 1.96. The maximum absolute atomic E-state index is 10.7. The van der Waals surface area contributed by atoms with Gasteiger partial charge in [0.1, 0.15) is 6.61 Å². The van der Waals surface area contributed by atoms with Crippen molar-refractivity contribution in [2.24, 2.45) is 0 Å². The maximum Gasteiger partial charge on any atom is 0.302 e. The molecule has 1 rings (SSSR count). The highest BCUT2D eigenvalue weighted by molar-refractivity contribution is 5.66. The molecule has 0 saturated heterocycles. The molecule has 0 N–H and O–H groups in total. The van der Waals surface area contributed by atoms with E-state index >= 15 is 0 Å². The smallest absolute Gasteiger partial charge is 0.302 e. The van der Waals surface area contributed by atoms with E-state index in [0.717, 1.165) is 17.6 Å². The zero-order valence-electron chi connectivity index (χ0n) is 10.1. The lowest BCUT2D eigenvalue weighted by Crippen LogP contribution is -2.01. The molecule has 2 heteroatoms. The first-order valence-corrected chi connectivity index (χ1v) is 5.51. The lowest BCUT2D eigenvalue weighted by Gasteiger charge is -2.03. The number of benzene rings is 1. The van der Waals surface area contributed by atoms with Crippen molar-refractivity contribution in [3.63, 3.8) is 0 Å². The van der Waals surface area contributed by atoms with E-state index in [4.69, 9.17) is 4.74 Å². The summed E-state index contributed by atoms with van der Waals surface area (Å²) in [7, 11) is 0. The van der Waals surface area contributed by atoms with E-state index in [1.54, 1.807) is 0 Å². The van der Waals surface area contributed by atoms with Crippen molar-refractivity contribution < 1.29 is 9.53 Å². The Labute approximate surface area is 96.9 Å². The molecule has 1 aromatic carbocycles. The first kappa shape index (κ1) is 12.5. The molecule has 0 bridgehead atoms. The van der Waals surface area contributed by atoms with Crippen LogP contribution in [-0.2, 0) is 16.0 Å². The first-order chi connectivity index (χ1) is 7.61. The van der Waals surface area contributed by atoms with Crippen LogP contribution in [0.1, 0.15) is 31.9 Å². The fraction of sp³-hybridized carbons (Fsp3) is 0.357. The molecule has 0 aromatic heterocycles. The monoisotopic (exact) mass is 218 g/mol. The van der Waals surface area contributed by atoms with Crippen LogP contribution in [0.2, 0.25) is 0 Å². The molecular weight excluding hydrogens is 200 g/mol. The summed E-state index contributed by atoms with van der Waals surface area (Å²) in [6.45, 7) is 5.88. The van der Waals surface area contributed by atoms with Crippen LogP contribution in [0.5, 0.6) is 0 Å². The number of carbonyl (C=O) groups excluding carboxylic acids is 1. The van der Waals surface area contributed by atoms with Gasteiger partial charge in [0, 0.05) is 6.92 Å². The molecule has 0 saturated carbocycles. The average molecular weight is 218 g/mol. The van der Waals surface area contributed by atoms with Crippen LogP contribution in [0.25, 0.3) is 6.08 Å². The lowest BCUT2D eigenvalue weighted by molar-refractivity contribution is -0.139. The molecule has 0 atom stereocenters. The molecule has 0 aliphatic rings. The number of hydrogen-bond donors (Lipinski definition) is 0. The Bertz CT molecular complexity index is 391. The molecule has 0 amide bonds. The number of hydrogen-bond acceptors (Lipinski definition) is 2. The van der Waals surface area contributed by atoms with Gasteiger partial charge in [0.2, 0.25) is 0 Å². The maximum atomic E-state index is 10.7. The topological polar surface area (TPSA) is 26.3 Å². The van der Waals surface area contributed by atoms with E-state index in [0.29, 0.717) is 6.61 Å². The van der Waals surface area contributed by atoms with Gasteiger partial charge in [0.05, 0.1) is 0 Å². The predicted molar refractivity (Wildman–Crippen MR) is 66.1 cm³/mol. The highest BCUT2D eigenvalue weighted by atomic mass is 16.5. The van der Waals surface area contributed by atoms with Crippen molar-refractivity contribution in [2.75, 3.05) is 6.61 Å². The Morgan fingerprint density at radius 2 is 2.12 bits per heavy atom. The van der Waals surface area contributed by atoms with Crippen LogP contribution in [-0.4, -0.2) is 12.6 Å². The van der Waals surface area contributed by atoms with Crippen molar-refractivity contribution in [3.05, 3.63) is 41.0 Å². The molecule has 0 aliphatic carbocycles. The Kier molecular flexibility index (Phi) is 4.77. The Balaban J connectivity index is 2.69. The van der Waals surface area contributed by atoms with Gasteiger partial charge in [0.15, 0.2) is 0 Å². The van der Waals surface area contributed by atoms with Gasteiger partial charge in [-0.1, -0.05) is 37.3 Å². The minimum absolute atomic E-state index is 0.241. The number of aryl methyl sites for hydroxylation is 1. The highest BCUT2D eigenvalue weighted by Crippen LogP contribution is 2.10. The summed E-state index contributed by atoms with van der Waals surface area (Å²) in [5.74, 6) is -0.241. The molecular formula is C14H18O2. The van der Waals surface area contributed by atoms with E-state index < -0.39 is 0 Å². The molecule has 0 unspecified atom stereocenters. The van der Waals surface area contributed by atoms with Crippen molar-refractivity contribution in [3.8, 4) is 0 Å². The minimum atomic E-state index is -0.241. The lowest BCUT2D eigenvalue weighted by atomic mass is 10.1. The van der Waals surface area contributed by atoms with E-state index in [1.807, 2.05) is 19.1 Å². The molecule has 2 nitrogen and oxygen atoms in total. The zero-order chi connectivity index (χ0) is 12.0. The molecule has 0 fully saturated rings. The van der Waals surface area contributed by atoms with Crippen molar-refractivity contribution in [1.29, 1.82) is 0 Å². The number of carbonyl (C=O) groups is 1. The molecule has 86 valence electrons. The first-order valence-electron chi connectivity index (χ1n) is 5.51. The van der Waals surface area contributed by atoms with Crippen molar-refractivity contribution >= 4 is 12.0 Å². The summed E-state index contributed by atoms with van der Waals surface area (Å²) in [4.78, 5) is 10.7. The molecule has 1 aromatic rings. The standard InChI is InChI=1S/C14H18O2/c1-4-13-6-5-7-14(9-13)8-11(2)10-16-12(3)15/h5-9H,4,10H2,1-3H3/b11-8+. The number of ether oxygens (including phenoxy) is 1. The Morgan fingerprint density at radius 1 is 1.38 bits per heavy atom. The van der Waals surface area contributed by atoms with Gasteiger partial charge in [-0.15, -0.1) is 0 Å². The normalized spacial score (nSPS) is 11.3. The van der Waals surface area contributed by atoms with Gasteiger partial charge in [-0.3, -0.25) is 4.79 Å². The summed E-state index contributed by atoms with van der Waals surface area (Å²) >= 11 is 0. The Morgan fingerprint density at radius 3 is 2.75 bits per heavy atom.